The Bertz CT molecular complexity index is 385. The van der Waals surface area contributed by atoms with Crippen LogP contribution in [0, 0.1) is 0 Å². The Hall–Kier alpha value is -1.84. The summed E-state index contributed by atoms with van der Waals surface area (Å²) in [4.78, 5) is 22.3. The molecule has 0 amide bonds. The molecule has 0 radical (unpaired) electrons. The molecule has 2 rings (SSSR count). The maximum Gasteiger partial charge on any atom is 0.347 e. The quantitative estimate of drug-likeness (QED) is 0.723. The van der Waals surface area contributed by atoms with E-state index in [4.69, 9.17) is 9.47 Å². The third-order valence-electron chi connectivity index (χ3n) is 2.37. The number of rotatable bonds is 3. The van der Waals surface area contributed by atoms with Gasteiger partial charge in [0.15, 0.2) is 6.10 Å². The van der Waals surface area contributed by atoms with Crippen molar-refractivity contribution in [3.05, 3.63) is 35.9 Å². The van der Waals surface area contributed by atoms with Crippen LogP contribution >= 0.6 is 0 Å². The van der Waals surface area contributed by atoms with E-state index >= 15 is 0 Å². The molecule has 1 aromatic carbocycles. The Morgan fingerprint density at radius 1 is 1.38 bits per heavy atom. The first-order valence-corrected chi connectivity index (χ1v) is 5.16. The number of carbonyl (C=O) groups excluding carboxylic acids is 2. The van der Waals surface area contributed by atoms with Crippen LogP contribution in [0.5, 0.6) is 0 Å². The van der Waals surface area contributed by atoms with E-state index in [1.165, 1.54) is 0 Å². The lowest BCUT2D eigenvalue weighted by Crippen LogP contribution is -2.22. The minimum absolute atomic E-state index is 0.216. The smallest absolute Gasteiger partial charge is 0.347 e. The summed E-state index contributed by atoms with van der Waals surface area (Å²) in [7, 11) is 0. The Kier molecular flexibility index (Phi) is 3.19. The lowest BCUT2D eigenvalue weighted by molar-refractivity contribution is -0.162. The van der Waals surface area contributed by atoms with Gasteiger partial charge in [-0.2, -0.15) is 0 Å². The molecular weight excluding hydrogens is 208 g/mol. The zero-order valence-electron chi connectivity index (χ0n) is 8.72. The highest BCUT2D eigenvalue weighted by Crippen LogP contribution is 2.15. The maximum atomic E-state index is 11.5. The van der Waals surface area contributed by atoms with Crippen molar-refractivity contribution in [3.8, 4) is 0 Å². The van der Waals surface area contributed by atoms with Gasteiger partial charge in [0.1, 0.15) is 6.61 Å². The molecule has 0 N–H and O–H groups in total. The van der Waals surface area contributed by atoms with E-state index in [1.807, 2.05) is 30.3 Å². The summed E-state index contributed by atoms with van der Waals surface area (Å²) in [5, 5.41) is 0. The molecule has 0 aliphatic carbocycles. The summed E-state index contributed by atoms with van der Waals surface area (Å²) < 4.78 is 9.84. The second kappa shape index (κ2) is 4.79. The van der Waals surface area contributed by atoms with Crippen LogP contribution in [0.25, 0.3) is 0 Å². The molecule has 0 spiro atoms. The largest absolute Gasteiger partial charge is 0.458 e. The molecular formula is C12H12O4. The second-order valence-corrected chi connectivity index (χ2v) is 3.61. The van der Waals surface area contributed by atoms with Crippen LogP contribution in [0.2, 0.25) is 0 Å². The Morgan fingerprint density at radius 3 is 2.75 bits per heavy atom. The molecule has 1 aliphatic heterocycles. The summed E-state index contributed by atoms with van der Waals surface area (Å²) in [5.41, 5.74) is 0.917. The molecule has 4 nitrogen and oxygen atoms in total. The first-order valence-electron chi connectivity index (χ1n) is 5.16. The molecule has 1 heterocycles. The normalized spacial score (nSPS) is 19.2. The fourth-order valence-corrected chi connectivity index (χ4v) is 1.51. The Labute approximate surface area is 93.2 Å². The fraction of sp³-hybridized carbons (Fsp3) is 0.333. The van der Waals surface area contributed by atoms with Crippen molar-refractivity contribution < 1.29 is 19.1 Å². The molecule has 1 aromatic rings. The van der Waals surface area contributed by atoms with Crippen molar-refractivity contribution in [2.24, 2.45) is 0 Å². The zero-order chi connectivity index (χ0) is 11.4. The first kappa shape index (κ1) is 10.7. The third kappa shape index (κ3) is 2.59. The summed E-state index contributed by atoms with van der Waals surface area (Å²) in [6.07, 6.45) is 0.00796. The van der Waals surface area contributed by atoms with Gasteiger partial charge in [-0.15, -0.1) is 0 Å². The van der Waals surface area contributed by atoms with Gasteiger partial charge in [0.2, 0.25) is 0 Å². The van der Waals surface area contributed by atoms with Crippen LogP contribution in [0.1, 0.15) is 18.4 Å². The SMILES string of the molecule is O=C1CC[C@H](C(=O)OCc2ccccc2)O1. The standard InChI is InChI=1S/C12H12O4/c13-11-7-6-10(16-11)12(14)15-8-9-4-2-1-3-5-9/h1-5,10H,6-8H2/t10-/m1/s1. The second-order valence-electron chi connectivity index (χ2n) is 3.61. The molecule has 1 fully saturated rings. The number of esters is 2. The third-order valence-corrected chi connectivity index (χ3v) is 2.37. The molecule has 16 heavy (non-hydrogen) atoms. The van der Waals surface area contributed by atoms with Gasteiger partial charge in [0.05, 0.1) is 0 Å². The Morgan fingerprint density at radius 2 is 2.12 bits per heavy atom. The number of hydrogen-bond acceptors (Lipinski definition) is 4. The highest BCUT2D eigenvalue weighted by Gasteiger charge is 2.30. The van der Waals surface area contributed by atoms with Gasteiger partial charge in [0, 0.05) is 12.8 Å². The predicted octanol–water partition coefficient (Wildman–Crippen LogP) is 1.44. The van der Waals surface area contributed by atoms with Gasteiger partial charge >= 0.3 is 11.9 Å². The van der Waals surface area contributed by atoms with E-state index in [0.29, 0.717) is 12.8 Å². The van der Waals surface area contributed by atoms with E-state index < -0.39 is 12.1 Å². The van der Waals surface area contributed by atoms with Gasteiger partial charge in [0.25, 0.3) is 0 Å². The van der Waals surface area contributed by atoms with Crippen LogP contribution in [0.3, 0.4) is 0 Å². The molecule has 1 aliphatic rings. The number of ether oxygens (including phenoxy) is 2. The zero-order valence-corrected chi connectivity index (χ0v) is 8.72. The number of hydrogen-bond donors (Lipinski definition) is 0. The van der Waals surface area contributed by atoms with Crippen molar-refractivity contribution in [1.29, 1.82) is 0 Å². The number of cyclic esters (lactones) is 1. The highest BCUT2D eigenvalue weighted by molar-refractivity contribution is 5.82. The monoisotopic (exact) mass is 220 g/mol. The molecule has 84 valence electrons. The van der Waals surface area contributed by atoms with Crippen LogP contribution in [-0.2, 0) is 25.7 Å². The fourth-order valence-electron chi connectivity index (χ4n) is 1.51. The lowest BCUT2D eigenvalue weighted by atomic mass is 10.2. The van der Waals surface area contributed by atoms with E-state index in [9.17, 15) is 9.59 Å². The van der Waals surface area contributed by atoms with E-state index in [0.717, 1.165) is 5.56 Å². The number of carbonyl (C=O) groups is 2. The summed E-state index contributed by atoms with van der Waals surface area (Å²) in [5.74, 6) is -0.795. The van der Waals surface area contributed by atoms with Crippen molar-refractivity contribution in [2.45, 2.75) is 25.6 Å². The lowest BCUT2D eigenvalue weighted by Gasteiger charge is -2.09. The molecule has 0 aromatic heterocycles. The van der Waals surface area contributed by atoms with Gasteiger partial charge in [-0.1, -0.05) is 30.3 Å². The average molecular weight is 220 g/mol. The molecule has 1 saturated heterocycles. The first-order chi connectivity index (χ1) is 7.75. The minimum atomic E-state index is -0.712. The maximum absolute atomic E-state index is 11.5. The molecule has 1 atom stereocenters. The van der Waals surface area contributed by atoms with E-state index in [2.05, 4.69) is 0 Å². The van der Waals surface area contributed by atoms with E-state index in [-0.39, 0.29) is 12.6 Å². The van der Waals surface area contributed by atoms with Crippen molar-refractivity contribution >= 4 is 11.9 Å². The summed E-state index contributed by atoms with van der Waals surface area (Å²) in [6, 6.07) is 9.38. The van der Waals surface area contributed by atoms with Gasteiger partial charge in [-0.3, -0.25) is 4.79 Å². The predicted molar refractivity (Wildman–Crippen MR) is 55.4 cm³/mol. The van der Waals surface area contributed by atoms with Gasteiger partial charge in [-0.25, -0.2) is 4.79 Å². The van der Waals surface area contributed by atoms with Crippen LogP contribution in [0.4, 0.5) is 0 Å². The minimum Gasteiger partial charge on any atom is -0.458 e. The summed E-state index contributed by atoms with van der Waals surface area (Å²) >= 11 is 0. The van der Waals surface area contributed by atoms with Crippen molar-refractivity contribution in [2.75, 3.05) is 0 Å². The highest BCUT2D eigenvalue weighted by atomic mass is 16.6. The van der Waals surface area contributed by atoms with E-state index in [1.54, 1.807) is 0 Å². The van der Waals surface area contributed by atoms with Crippen molar-refractivity contribution in [3.63, 3.8) is 0 Å². The molecule has 0 bridgehead atoms. The van der Waals surface area contributed by atoms with Crippen LogP contribution in [-0.4, -0.2) is 18.0 Å². The van der Waals surface area contributed by atoms with Crippen molar-refractivity contribution in [1.82, 2.24) is 0 Å². The molecule has 4 heteroatoms. The van der Waals surface area contributed by atoms with Gasteiger partial charge in [-0.05, 0) is 5.56 Å². The van der Waals surface area contributed by atoms with Gasteiger partial charge < -0.3 is 9.47 Å². The summed E-state index contributed by atoms with van der Waals surface area (Å²) in [6.45, 7) is 0.216. The molecule has 0 saturated carbocycles. The molecule has 0 unspecified atom stereocenters. The Balaban J connectivity index is 1.82. The number of benzene rings is 1. The average Bonchev–Trinajstić information content (AvgIpc) is 2.74. The topological polar surface area (TPSA) is 52.6 Å². The van der Waals surface area contributed by atoms with Crippen LogP contribution in [0.15, 0.2) is 30.3 Å². The van der Waals surface area contributed by atoms with Crippen LogP contribution < -0.4 is 0 Å².